The van der Waals surface area contributed by atoms with Crippen LogP contribution in [0.2, 0.25) is 5.02 Å². The third-order valence-corrected chi connectivity index (χ3v) is 4.56. The maximum absolute atomic E-state index is 6.16. The van der Waals surface area contributed by atoms with Gasteiger partial charge >= 0.3 is 0 Å². The molecule has 0 atom stereocenters. The number of pyridine rings is 1. The van der Waals surface area contributed by atoms with Crippen LogP contribution in [0.4, 0.5) is 0 Å². The van der Waals surface area contributed by atoms with Gasteiger partial charge in [0.1, 0.15) is 11.6 Å². The molecule has 0 saturated heterocycles. The molecule has 0 unspecified atom stereocenters. The number of H-pyrrole nitrogens is 1. The van der Waals surface area contributed by atoms with Gasteiger partial charge in [0, 0.05) is 35.5 Å². The lowest BCUT2D eigenvalue weighted by molar-refractivity contribution is 0.415. The van der Waals surface area contributed by atoms with Crippen molar-refractivity contribution in [2.45, 2.75) is 19.3 Å². The molecule has 0 aliphatic heterocycles. The number of nitrogens with two attached hydrogens (primary N) is 1. The fraction of sp³-hybridized carbons (Fsp3) is 0.263. The molecule has 0 amide bonds. The molecule has 6 heteroatoms. The van der Waals surface area contributed by atoms with Gasteiger partial charge in [-0.15, -0.1) is 0 Å². The number of methoxy groups -OCH3 is 1. The first-order chi connectivity index (χ1) is 12.0. The number of ether oxygens (including phenoxy) is 1. The molecule has 1 aromatic carbocycles. The monoisotopic (exact) mass is 356 g/mol. The lowest BCUT2D eigenvalue weighted by atomic mass is 9.93. The Hall–Kier alpha value is -2.37. The average molecular weight is 357 g/mol. The van der Waals surface area contributed by atoms with Crippen molar-refractivity contribution in [3.8, 4) is 28.3 Å². The van der Waals surface area contributed by atoms with Crippen LogP contribution in [0.1, 0.15) is 19.7 Å². The molecular formula is C19H21ClN4O. The summed E-state index contributed by atoms with van der Waals surface area (Å²) in [5, 5.41) is 0.565. The quantitative estimate of drug-likeness (QED) is 0.723. The van der Waals surface area contributed by atoms with Gasteiger partial charge in [-0.05, 0) is 24.3 Å². The van der Waals surface area contributed by atoms with Crippen LogP contribution >= 0.6 is 11.6 Å². The second-order valence-electron chi connectivity index (χ2n) is 6.48. The van der Waals surface area contributed by atoms with Gasteiger partial charge in [0.25, 0.3) is 0 Å². The number of aromatic amines is 1. The van der Waals surface area contributed by atoms with Crippen molar-refractivity contribution in [2.24, 2.45) is 5.73 Å². The lowest BCUT2D eigenvalue weighted by Crippen LogP contribution is -2.29. The van der Waals surface area contributed by atoms with Crippen molar-refractivity contribution in [3.05, 3.63) is 53.6 Å². The van der Waals surface area contributed by atoms with Gasteiger partial charge in [-0.3, -0.25) is 4.98 Å². The van der Waals surface area contributed by atoms with Gasteiger partial charge in [0.05, 0.1) is 23.5 Å². The zero-order valence-corrected chi connectivity index (χ0v) is 15.3. The Kier molecular flexibility index (Phi) is 4.79. The summed E-state index contributed by atoms with van der Waals surface area (Å²) in [5.74, 6) is 1.45. The Morgan fingerprint density at radius 1 is 1.16 bits per heavy atom. The number of imidazole rings is 1. The topological polar surface area (TPSA) is 76.8 Å². The van der Waals surface area contributed by atoms with Crippen molar-refractivity contribution in [1.82, 2.24) is 15.0 Å². The number of nitrogens with zero attached hydrogens (tertiary/aromatic N) is 2. The average Bonchev–Trinajstić information content (AvgIpc) is 3.09. The zero-order valence-electron chi connectivity index (χ0n) is 14.5. The highest BCUT2D eigenvalue weighted by atomic mass is 35.5. The molecule has 130 valence electrons. The molecule has 25 heavy (non-hydrogen) atoms. The van der Waals surface area contributed by atoms with E-state index in [1.165, 1.54) is 0 Å². The highest BCUT2D eigenvalue weighted by molar-refractivity contribution is 6.32. The molecule has 0 aliphatic carbocycles. The lowest BCUT2D eigenvalue weighted by Gasteiger charge is -2.18. The smallest absolute Gasteiger partial charge is 0.138 e. The first kappa shape index (κ1) is 17.5. The Labute approximate surface area is 152 Å². The minimum absolute atomic E-state index is 0.267. The summed E-state index contributed by atoms with van der Waals surface area (Å²) in [6.45, 7) is 4.61. The first-order valence-electron chi connectivity index (χ1n) is 8.01. The number of aromatic nitrogens is 3. The van der Waals surface area contributed by atoms with Gasteiger partial charge in [-0.2, -0.15) is 0 Å². The van der Waals surface area contributed by atoms with Crippen molar-refractivity contribution < 1.29 is 4.74 Å². The molecule has 5 nitrogen and oxygen atoms in total. The van der Waals surface area contributed by atoms with Crippen LogP contribution in [0.5, 0.6) is 5.75 Å². The molecule has 3 N–H and O–H groups in total. The van der Waals surface area contributed by atoms with Crippen LogP contribution in [0.25, 0.3) is 22.5 Å². The van der Waals surface area contributed by atoms with Gasteiger partial charge in [0.15, 0.2) is 0 Å². The normalized spacial score (nSPS) is 11.6. The molecule has 2 heterocycles. The minimum Gasteiger partial charge on any atom is -0.495 e. The van der Waals surface area contributed by atoms with Crippen molar-refractivity contribution in [1.29, 1.82) is 0 Å². The fourth-order valence-electron chi connectivity index (χ4n) is 2.53. The van der Waals surface area contributed by atoms with Crippen LogP contribution in [0, 0.1) is 0 Å². The second kappa shape index (κ2) is 6.86. The Morgan fingerprint density at radius 3 is 2.52 bits per heavy atom. The minimum atomic E-state index is -0.267. The summed E-state index contributed by atoms with van der Waals surface area (Å²) in [5.41, 5.74) is 9.34. The molecule has 2 aromatic heterocycles. The van der Waals surface area contributed by atoms with Gasteiger partial charge < -0.3 is 15.5 Å². The van der Waals surface area contributed by atoms with E-state index in [2.05, 4.69) is 23.8 Å². The van der Waals surface area contributed by atoms with E-state index in [0.717, 1.165) is 28.3 Å². The number of nitrogens with one attached hydrogen (secondary N) is 1. The molecule has 0 saturated carbocycles. The van der Waals surface area contributed by atoms with E-state index in [1.807, 2.05) is 30.3 Å². The molecular weight excluding hydrogens is 336 g/mol. The van der Waals surface area contributed by atoms with Crippen LogP contribution in [-0.2, 0) is 5.41 Å². The molecule has 0 radical (unpaired) electrons. The standard InChI is InChI=1S/C19H21ClN4O/c1-19(2,11-21)18-23-16(12-6-8-22-9-7-12)17(24-18)13-4-5-14(20)15(10-13)25-3/h4-10H,11,21H2,1-3H3,(H,23,24). The summed E-state index contributed by atoms with van der Waals surface area (Å²) in [6.07, 6.45) is 3.52. The van der Waals surface area contributed by atoms with E-state index in [4.69, 9.17) is 27.1 Å². The number of hydrogen-bond donors (Lipinski definition) is 2. The summed E-state index contributed by atoms with van der Waals surface area (Å²) >= 11 is 6.16. The summed E-state index contributed by atoms with van der Waals surface area (Å²) in [7, 11) is 1.60. The Bertz CT molecular complexity index is 874. The number of hydrogen-bond acceptors (Lipinski definition) is 4. The molecule has 3 aromatic rings. The van der Waals surface area contributed by atoms with Gasteiger partial charge in [-0.1, -0.05) is 31.5 Å². The van der Waals surface area contributed by atoms with E-state index >= 15 is 0 Å². The summed E-state index contributed by atoms with van der Waals surface area (Å²) < 4.78 is 5.35. The predicted molar refractivity (Wildman–Crippen MR) is 101 cm³/mol. The van der Waals surface area contributed by atoms with Crippen LogP contribution in [0.3, 0.4) is 0 Å². The van der Waals surface area contributed by atoms with Crippen molar-refractivity contribution in [3.63, 3.8) is 0 Å². The highest BCUT2D eigenvalue weighted by Crippen LogP contribution is 2.36. The SMILES string of the molecule is COc1cc(-c2nc(C(C)(C)CN)[nH]c2-c2ccncc2)ccc1Cl. The van der Waals surface area contributed by atoms with E-state index in [1.54, 1.807) is 19.5 Å². The Morgan fingerprint density at radius 2 is 1.88 bits per heavy atom. The largest absolute Gasteiger partial charge is 0.495 e. The predicted octanol–water partition coefficient (Wildman–Crippen LogP) is 4.04. The second-order valence-corrected chi connectivity index (χ2v) is 6.89. The molecule has 3 rings (SSSR count). The summed E-state index contributed by atoms with van der Waals surface area (Å²) in [6, 6.07) is 9.54. The highest BCUT2D eigenvalue weighted by Gasteiger charge is 2.25. The van der Waals surface area contributed by atoms with Crippen molar-refractivity contribution in [2.75, 3.05) is 13.7 Å². The van der Waals surface area contributed by atoms with Crippen LogP contribution in [0.15, 0.2) is 42.7 Å². The number of rotatable bonds is 5. The maximum atomic E-state index is 6.16. The van der Waals surface area contributed by atoms with E-state index in [-0.39, 0.29) is 5.41 Å². The van der Waals surface area contributed by atoms with E-state index < -0.39 is 0 Å². The van der Waals surface area contributed by atoms with Crippen LogP contribution in [-0.4, -0.2) is 28.6 Å². The van der Waals surface area contributed by atoms with Gasteiger partial charge in [0.2, 0.25) is 0 Å². The third kappa shape index (κ3) is 3.38. The van der Waals surface area contributed by atoms with E-state index in [9.17, 15) is 0 Å². The zero-order chi connectivity index (χ0) is 18.0. The molecule has 0 fully saturated rings. The number of halogens is 1. The molecule has 0 bridgehead atoms. The molecule has 0 aliphatic rings. The molecule has 0 spiro atoms. The van der Waals surface area contributed by atoms with E-state index in [0.29, 0.717) is 17.3 Å². The third-order valence-electron chi connectivity index (χ3n) is 4.25. The fourth-order valence-corrected chi connectivity index (χ4v) is 2.73. The number of benzene rings is 1. The summed E-state index contributed by atoms with van der Waals surface area (Å²) in [4.78, 5) is 12.4. The van der Waals surface area contributed by atoms with Gasteiger partial charge in [-0.25, -0.2) is 4.98 Å². The maximum Gasteiger partial charge on any atom is 0.138 e. The van der Waals surface area contributed by atoms with Crippen LogP contribution < -0.4 is 10.5 Å². The Balaban J connectivity index is 2.21. The van der Waals surface area contributed by atoms with Crippen molar-refractivity contribution >= 4 is 11.6 Å². The first-order valence-corrected chi connectivity index (χ1v) is 8.39.